The maximum Gasteiger partial charge on any atom is 0.191 e. The van der Waals surface area contributed by atoms with Gasteiger partial charge in [0.1, 0.15) is 10.8 Å². The summed E-state index contributed by atoms with van der Waals surface area (Å²) < 4.78 is 2.27. The topological polar surface area (TPSA) is 67.1 Å². The van der Waals surface area contributed by atoms with E-state index in [4.69, 9.17) is 0 Å². The molecule has 0 amide bonds. The Labute approximate surface area is 158 Å². The molecule has 2 aromatic heterocycles. The van der Waals surface area contributed by atoms with Gasteiger partial charge >= 0.3 is 0 Å². The van der Waals surface area contributed by atoms with E-state index < -0.39 is 0 Å². The van der Waals surface area contributed by atoms with E-state index in [0.29, 0.717) is 6.54 Å². The van der Waals surface area contributed by atoms with E-state index in [1.807, 2.05) is 13.0 Å². The predicted molar refractivity (Wildman–Crippen MR) is 109 cm³/mol. The maximum absolute atomic E-state index is 4.62. The Morgan fingerprint density at radius 3 is 2.69 bits per heavy atom. The van der Waals surface area contributed by atoms with Gasteiger partial charge in [-0.25, -0.2) is 9.97 Å². The average molecular weight is 371 g/mol. The Morgan fingerprint density at radius 1 is 1.15 bits per heavy atom. The first kappa shape index (κ1) is 18.4. The first-order valence-electron chi connectivity index (χ1n) is 8.87. The zero-order valence-electron chi connectivity index (χ0n) is 15.8. The summed E-state index contributed by atoms with van der Waals surface area (Å²) in [7, 11) is 1.79. The van der Waals surface area contributed by atoms with Gasteiger partial charge in [-0.15, -0.1) is 11.3 Å². The van der Waals surface area contributed by atoms with Gasteiger partial charge in [-0.2, -0.15) is 0 Å². The van der Waals surface area contributed by atoms with Crippen LogP contribution in [-0.2, 0) is 13.1 Å². The lowest BCUT2D eigenvalue weighted by Crippen LogP contribution is -2.37. The van der Waals surface area contributed by atoms with Gasteiger partial charge in [-0.3, -0.25) is 4.99 Å². The molecule has 0 aliphatic carbocycles. The van der Waals surface area contributed by atoms with Crippen molar-refractivity contribution in [1.29, 1.82) is 0 Å². The lowest BCUT2D eigenvalue weighted by Gasteiger charge is -2.12. The molecule has 0 aliphatic heterocycles. The lowest BCUT2D eigenvalue weighted by molar-refractivity contribution is 0.624. The van der Waals surface area contributed by atoms with Crippen LogP contribution in [0.4, 0.5) is 0 Å². The fourth-order valence-corrected chi connectivity index (χ4v) is 3.79. The molecule has 2 heterocycles. The van der Waals surface area contributed by atoms with Crippen molar-refractivity contribution in [3.05, 3.63) is 45.7 Å². The molecule has 138 valence electrons. The Bertz CT molecular complexity index is 889. The van der Waals surface area contributed by atoms with Crippen molar-refractivity contribution >= 4 is 28.3 Å². The first-order chi connectivity index (χ1) is 12.6. The van der Waals surface area contributed by atoms with Gasteiger partial charge in [0.05, 0.1) is 23.3 Å². The number of benzene rings is 1. The highest BCUT2D eigenvalue weighted by molar-refractivity contribution is 7.11. The largest absolute Gasteiger partial charge is 0.356 e. The normalized spacial score (nSPS) is 11.9. The summed E-state index contributed by atoms with van der Waals surface area (Å²) in [6, 6.07) is 8.28. The van der Waals surface area contributed by atoms with Gasteiger partial charge in [0, 0.05) is 25.0 Å². The van der Waals surface area contributed by atoms with Crippen molar-refractivity contribution < 1.29 is 0 Å². The number of fused-ring (bicyclic) bond motifs is 1. The number of nitrogens with one attached hydrogen (secondary N) is 2. The second-order valence-electron chi connectivity index (χ2n) is 6.25. The molecule has 0 aliphatic rings. The van der Waals surface area contributed by atoms with Crippen LogP contribution >= 0.6 is 11.3 Å². The zero-order valence-corrected chi connectivity index (χ0v) is 16.7. The molecule has 7 heteroatoms. The second-order valence-corrected chi connectivity index (χ2v) is 7.54. The summed E-state index contributed by atoms with van der Waals surface area (Å²) in [6.07, 6.45) is 0.997. The van der Waals surface area contributed by atoms with E-state index >= 15 is 0 Å². The second kappa shape index (κ2) is 8.31. The molecule has 0 atom stereocenters. The molecule has 26 heavy (non-hydrogen) atoms. The molecule has 0 bridgehead atoms. The van der Waals surface area contributed by atoms with E-state index in [9.17, 15) is 0 Å². The average Bonchev–Trinajstić information content (AvgIpc) is 3.13. The summed E-state index contributed by atoms with van der Waals surface area (Å²) in [6.45, 7) is 8.69. The van der Waals surface area contributed by atoms with Gasteiger partial charge in [-0.05, 0) is 39.3 Å². The fraction of sp³-hybridized carbons (Fsp3) is 0.421. The molecule has 0 unspecified atom stereocenters. The maximum atomic E-state index is 4.62. The molecule has 0 saturated carbocycles. The zero-order chi connectivity index (χ0) is 18.5. The number of para-hydroxylation sites is 2. The van der Waals surface area contributed by atoms with Crippen LogP contribution in [0.1, 0.15) is 27.8 Å². The number of aliphatic imine (C=N–C) groups is 1. The predicted octanol–water partition coefficient (Wildman–Crippen LogP) is 3.17. The standard InChI is InChI=1S/C19H26N6S/c1-13-14(2)26-18(23-13)12-22-19(20-4)21-10-7-11-25-15(3)24-16-8-5-6-9-17(16)25/h5-6,8-9H,7,10-12H2,1-4H3,(H2,20,21,22). The molecular weight excluding hydrogens is 344 g/mol. The van der Waals surface area contributed by atoms with Crippen LogP contribution in [-0.4, -0.2) is 34.1 Å². The molecular formula is C19H26N6S. The number of aryl methyl sites for hydroxylation is 4. The number of hydrogen-bond acceptors (Lipinski definition) is 4. The molecule has 0 radical (unpaired) electrons. The number of rotatable bonds is 6. The van der Waals surface area contributed by atoms with Crippen LogP contribution in [0.15, 0.2) is 29.3 Å². The Kier molecular flexibility index (Phi) is 5.88. The molecule has 3 aromatic rings. The number of nitrogens with zero attached hydrogens (tertiary/aromatic N) is 4. The van der Waals surface area contributed by atoms with E-state index in [1.165, 1.54) is 10.4 Å². The van der Waals surface area contributed by atoms with Crippen LogP contribution in [0.3, 0.4) is 0 Å². The van der Waals surface area contributed by atoms with Crippen molar-refractivity contribution in [1.82, 2.24) is 25.2 Å². The molecule has 1 aromatic carbocycles. The quantitative estimate of drug-likeness (QED) is 0.397. The minimum Gasteiger partial charge on any atom is -0.356 e. The first-order valence-corrected chi connectivity index (χ1v) is 9.69. The monoisotopic (exact) mass is 370 g/mol. The molecule has 6 nitrogen and oxygen atoms in total. The molecule has 3 rings (SSSR count). The van der Waals surface area contributed by atoms with Crippen molar-refractivity contribution in [2.45, 2.75) is 40.3 Å². The van der Waals surface area contributed by atoms with Crippen molar-refractivity contribution in [3.8, 4) is 0 Å². The van der Waals surface area contributed by atoms with E-state index in [2.05, 4.69) is 62.2 Å². The highest BCUT2D eigenvalue weighted by Crippen LogP contribution is 2.16. The Morgan fingerprint density at radius 2 is 1.96 bits per heavy atom. The minimum atomic E-state index is 0.699. The van der Waals surface area contributed by atoms with E-state index in [1.54, 1.807) is 18.4 Å². The van der Waals surface area contributed by atoms with Crippen molar-refractivity contribution in [2.24, 2.45) is 4.99 Å². The van der Waals surface area contributed by atoms with Crippen LogP contribution in [0.2, 0.25) is 0 Å². The van der Waals surface area contributed by atoms with E-state index in [0.717, 1.165) is 47.5 Å². The number of imidazole rings is 1. The van der Waals surface area contributed by atoms with Crippen molar-refractivity contribution in [3.63, 3.8) is 0 Å². The van der Waals surface area contributed by atoms with Gasteiger partial charge in [0.15, 0.2) is 5.96 Å². The highest BCUT2D eigenvalue weighted by atomic mass is 32.1. The van der Waals surface area contributed by atoms with Gasteiger partial charge in [0.2, 0.25) is 0 Å². The fourth-order valence-electron chi connectivity index (χ4n) is 2.92. The van der Waals surface area contributed by atoms with Gasteiger partial charge < -0.3 is 15.2 Å². The summed E-state index contributed by atoms with van der Waals surface area (Å²) >= 11 is 1.73. The molecule has 0 spiro atoms. The third-order valence-corrected chi connectivity index (χ3v) is 5.47. The molecule has 2 N–H and O–H groups in total. The van der Waals surface area contributed by atoms with Gasteiger partial charge in [0.25, 0.3) is 0 Å². The van der Waals surface area contributed by atoms with E-state index in [-0.39, 0.29) is 0 Å². The van der Waals surface area contributed by atoms with Gasteiger partial charge in [-0.1, -0.05) is 12.1 Å². The van der Waals surface area contributed by atoms with Crippen LogP contribution in [0.25, 0.3) is 11.0 Å². The Hall–Kier alpha value is -2.41. The number of hydrogen-bond donors (Lipinski definition) is 2. The van der Waals surface area contributed by atoms with Crippen LogP contribution < -0.4 is 10.6 Å². The SMILES string of the molecule is CN=C(NCCCn1c(C)nc2ccccc21)NCc1nc(C)c(C)s1. The number of guanidine groups is 1. The minimum absolute atomic E-state index is 0.699. The smallest absolute Gasteiger partial charge is 0.191 e. The van der Waals surface area contributed by atoms with Crippen LogP contribution in [0, 0.1) is 20.8 Å². The lowest BCUT2D eigenvalue weighted by atomic mass is 10.3. The molecule has 0 saturated heterocycles. The third kappa shape index (κ3) is 4.22. The summed E-state index contributed by atoms with van der Waals surface area (Å²) in [4.78, 5) is 14.7. The number of aromatic nitrogens is 3. The van der Waals surface area contributed by atoms with Crippen molar-refractivity contribution in [2.75, 3.05) is 13.6 Å². The molecule has 0 fully saturated rings. The summed E-state index contributed by atoms with van der Waals surface area (Å²) in [5.41, 5.74) is 3.36. The number of thiazole rings is 1. The highest BCUT2D eigenvalue weighted by Gasteiger charge is 2.07. The summed E-state index contributed by atoms with van der Waals surface area (Å²) in [5.74, 6) is 1.87. The Balaban J connectivity index is 1.48. The van der Waals surface area contributed by atoms with Crippen LogP contribution in [0.5, 0.6) is 0 Å². The third-order valence-electron chi connectivity index (χ3n) is 4.40. The summed E-state index contributed by atoms with van der Waals surface area (Å²) in [5, 5.41) is 7.79.